The number of hydrogen-bond donors (Lipinski definition) is 2. The molecule has 0 fully saturated rings. The summed E-state index contributed by atoms with van der Waals surface area (Å²) < 4.78 is 6.34. The summed E-state index contributed by atoms with van der Waals surface area (Å²) in [6.45, 7) is 2.02. The van der Waals surface area contributed by atoms with Crippen molar-refractivity contribution in [1.82, 2.24) is 9.78 Å². The van der Waals surface area contributed by atoms with Crippen LogP contribution in [0.3, 0.4) is 0 Å². The summed E-state index contributed by atoms with van der Waals surface area (Å²) in [7, 11) is 1.63. The summed E-state index contributed by atoms with van der Waals surface area (Å²) in [6.07, 6.45) is 0. The van der Waals surface area contributed by atoms with E-state index in [-0.39, 0.29) is 11.6 Å². The van der Waals surface area contributed by atoms with E-state index >= 15 is 0 Å². The van der Waals surface area contributed by atoms with Crippen molar-refractivity contribution in [3.05, 3.63) is 77.5 Å². The van der Waals surface area contributed by atoms with Crippen LogP contribution in [-0.2, 0) is 11.8 Å². The summed E-state index contributed by atoms with van der Waals surface area (Å²) in [5, 5.41) is 9.57. The minimum atomic E-state index is -0.440. The average Bonchev–Trinajstić information content (AvgIpc) is 3.10. The molecule has 0 atom stereocenters. The molecule has 0 aliphatic carbocycles. The van der Waals surface area contributed by atoms with Gasteiger partial charge in [0.05, 0.1) is 12.2 Å². The molecule has 0 aliphatic rings. The molecule has 148 valence electrons. The Balaban J connectivity index is 1.67. The quantitative estimate of drug-likeness (QED) is 0.628. The van der Waals surface area contributed by atoms with Gasteiger partial charge in [0, 0.05) is 24.4 Å². The Morgan fingerprint density at radius 3 is 2.28 bits per heavy atom. The molecular weight excluding hydrogens is 372 g/mol. The molecule has 2 amide bonds. The molecule has 1 heterocycles. The zero-order valence-corrected chi connectivity index (χ0v) is 16.0. The minimum Gasteiger partial charge on any atom is -0.462 e. The number of aryl methyl sites for hydroxylation is 1. The first kappa shape index (κ1) is 19.8. The van der Waals surface area contributed by atoms with E-state index in [2.05, 4.69) is 15.7 Å². The minimum absolute atomic E-state index is 0.144. The molecule has 0 aliphatic heterocycles. The maximum absolute atomic E-state index is 12.5. The molecule has 1 aromatic heterocycles. The van der Waals surface area contributed by atoms with Crippen molar-refractivity contribution < 1.29 is 19.1 Å². The van der Waals surface area contributed by atoms with E-state index < -0.39 is 11.9 Å². The lowest BCUT2D eigenvalue weighted by atomic mass is 10.2. The Labute approximate surface area is 167 Å². The fourth-order valence-electron chi connectivity index (χ4n) is 2.57. The van der Waals surface area contributed by atoms with Crippen LogP contribution in [-0.4, -0.2) is 34.2 Å². The molecule has 3 rings (SSSR count). The predicted molar refractivity (Wildman–Crippen MR) is 108 cm³/mol. The number of nitrogens with one attached hydrogen (secondary N) is 2. The molecule has 8 heteroatoms. The number of amides is 2. The fraction of sp³-hybridized carbons (Fsp3) is 0.143. The van der Waals surface area contributed by atoms with E-state index in [0.717, 1.165) is 0 Å². The van der Waals surface area contributed by atoms with Gasteiger partial charge in [-0.1, -0.05) is 18.2 Å². The second kappa shape index (κ2) is 8.83. The highest BCUT2D eigenvalue weighted by atomic mass is 16.5. The molecule has 0 spiro atoms. The summed E-state index contributed by atoms with van der Waals surface area (Å²) in [5.74, 6) is -0.768. The van der Waals surface area contributed by atoms with Crippen LogP contribution in [0.2, 0.25) is 0 Å². The monoisotopic (exact) mass is 392 g/mol. The Bertz CT molecular complexity index is 1030. The molecule has 0 unspecified atom stereocenters. The molecular formula is C21H20N4O4. The van der Waals surface area contributed by atoms with Gasteiger partial charge in [0.2, 0.25) is 0 Å². The van der Waals surface area contributed by atoms with Crippen LogP contribution in [0.15, 0.2) is 60.7 Å². The number of nitrogens with zero attached hydrogens (tertiary/aromatic N) is 2. The van der Waals surface area contributed by atoms with E-state index in [1.54, 1.807) is 62.5 Å². The van der Waals surface area contributed by atoms with Gasteiger partial charge in [-0.15, -0.1) is 0 Å². The molecule has 0 radical (unpaired) electrons. The van der Waals surface area contributed by atoms with Gasteiger partial charge < -0.3 is 15.4 Å². The number of hydrogen-bond acceptors (Lipinski definition) is 5. The second-order valence-electron chi connectivity index (χ2n) is 6.11. The standard InChI is InChI=1S/C21H20N4O4/c1-3-29-21(28)15-9-11-16(12-10-15)22-20(27)17-13-18(25(2)24-17)23-19(26)14-7-5-4-6-8-14/h4-13H,3H2,1-2H3,(H,22,27)(H,23,26). The first-order valence-corrected chi connectivity index (χ1v) is 8.97. The van der Waals surface area contributed by atoms with Gasteiger partial charge in [0.15, 0.2) is 5.69 Å². The van der Waals surface area contributed by atoms with Gasteiger partial charge in [-0.25, -0.2) is 4.79 Å². The first-order valence-electron chi connectivity index (χ1n) is 8.97. The Kier molecular flexibility index (Phi) is 6.03. The van der Waals surface area contributed by atoms with Crippen LogP contribution in [0.25, 0.3) is 0 Å². The number of rotatable bonds is 6. The van der Waals surface area contributed by atoms with Gasteiger partial charge in [0.1, 0.15) is 5.82 Å². The molecule has 8 nitrogen and oxygen atoms in total. The molecule has 29 heavy (non-hydrogen) atoms. The van der Waals surface area contributed by atoms with Gasteiger partial charge in [-0.05, 0) is 43.3 Å². The molecule has 0 saturated heterocycles. The molecule has 0 saturated carbocycles. The van der Waals surface area contributed by atoms with Crippen LogP contribution < -0.4 is 10.6 Å². The maximum atomic E-state index is 12.5. The van der Waals surface area contributed by atoms with Gasteiger partial charge >= 0.3 is 5.97 Å². The molecule has 2 aromatic carbocycles. The summed E-state index contributed by atoms with van der Waals surface area (Å²) in [5.41, 5.74) is 1.55. The van der Waals surface area contributed by atoms with Crippen LogP contribution in [0, 0.1) is 0 Å². The highest BCUT2D eigenvalue weighted by molar-refractivity contribution is 6.06. The Morgan fingerprint density at radius 1 is 0.931 bits per heavy atom. The highest BCUT2D eigenvalue weighted by Gasteiger charge is 2.16. The van der Waals surface area contributed by atoms with E-state index in [1.165, 1.54) is 10.7 Å². The topological polar surface area (TPSA) is 102 Å². The summed E-state index contributed by atoms with van der Waals surface area (Å²) in [6, 6.07) is 16.6. The number of aromatic nitrogens is 2. The molecule has 0 bridgehead atoms. The number of carbonyl (C=O) groups is 3. The lowest BCUT2D eigenvalue weighted by molar-refractivity contribution is 0.0526. The van der Waals surface area contributed by atoms with Gasteiger partial charge in [0.25, 0.3) is 11.8 Å². The largest absolute Gasteiger partial charge is 0.462 e. The van der Waals surface area contributed by atoms with Crippen molar-refractivity contribution in [1.29, 1.82) is 0 Å². The smallest absolute Gasteiger partial charge is 0.338 e. The van der Waals surface area contributed by atoms with Crippen molar-refractivity contribution in [2.45, 2.75) is 6.92 Å². The third-order valence-corrected chi connectivity index (χ3v) is 4.04. The third-order valence-electron chi connectivity index (χ3n) is 4.04. The number of esters is 1. The molecule has 2 N–H and O–H groups in total. The predicted octanol–water partition coefficient (Wildman–Crippen LogP) is 3.10. The van der Waals surface area contributed by atoms with E-state index in [4.69, 9.17) is 4.74 Å². The lowest BCUT2D eigenvalue weighted by Crippen LogP contribution is -2.14. The number of anilines is 2. The van der Waals surface area contributed by atoms with E-state index in [1.807, 2.05) is 6.07 Å². The molecule has 3 aromatic rings. The Morgan fingerprint density at radius 2 is 1.62 bits per heavy atom. The fourth-order valence-corrected chi connectivity index (χ4v) is 2.57. The van der Waals surface area contributed by atoms with Gasteiger partial charge in [-0.3, -0.25) is 14.3 Å². The third kappa shape index (κ3) is 4.86. The SMILES string of the molecule is CCOC(=O)c1ccc(NC(=O)c2cc(NC(=O)c3ccccc3)n(C)n2)cc1. The van der Waals surface area contributed by atoms with Crippen LogP contribution in [0.5, 0.6) is 0 Å². The average molecular weight is 392 g/mol. The van der Waals surface area contributed by atoms with Crippen molar-refractivity contribution in [3.8, 4) is 0 Å². The van der Waals surface area contributed by atoms with Gasteiger partial charge in [-0.2, -0.15) is 5.10 Å². The Hall–Kier alpha value is -3.94. The lowest BCUT2D eigenvalue weighted by Gasteiger charge is -2.05. The normalized spacial score (nSPS) is 10.3. The van der Waals surface area contributed by atoms with Crippen molar-refractivity contribution in [3.63, 3.8) is 0 Å². The number of carbonyl (C=O) groups excluding carboxylic acids is 3. The van der Waals surface area contributed by atoms with Crippen LogP contribution >= 0.6 is 0 Å². The zero-order valence-electron chi connectivity index (χ0n) is 16.0. The maximum Gasteiger partial charge on any atom is 0.338 e. The number of benzene rings is 2. The van der Waals surface area contributed by atoms with Crippen molar-refractivity contribution >= 4 is 29.3 Å². The zero-order chi connectivity index (χ0) is 20.8. The first-order chi connectivity index (χ1) is 14.0. The highest BCUT2D eigenvalue weighted by Crippen LogP contribution is 2.15. The van der Waals surface area contributed by atoms with Crippen molar-refractivity contribution in [2.75, 3.05) is 17.2 Å². The van der Waals surface area contributed by atoms with Crippen LogP contribution in [0.4, 0.5) is 11.5 Å². The summed E-state index contributed by atoms with van der Waals surface area (Å²) in [4.78, 5) is 36.4. The second-order valence-corrected chi connectivity index (χ2v) is 6.11. The van der Waals surface area contributed by atoms with Crippen molar-refractivity contribution in [2.24, 2.45) is 7.05 Å². The van der Waals surface area contributed by atoms with Crippen LogP contribution in [0.1, 0.15) is 38.1 Å². The van der Waals surface area contributed by atoms with E-state index in [9.17, 15) is 14.4 Å². The van der Waals surface area contributed by atoms with E-state index in [0.29, 0.717) is 29.2 Å². The summed E-state index contributed by atoms with van der Waals surface area (Å²) >= 11 is 0. The number of ether oxygens (including phenoxy) is 1.